The summed E-state index contributed by atoms with van der Waals surface area (Å²) < 4.78 is 0. The van der Waals surface area contributed by atoms with Gasteiger partial charge in [-0.05, 0) is 44.2 Å². The molecule has 0 aliphatic rings. The van der Waals surface area contributed by atoms with Gasteiger partial charge in [-0.25, -0.2) is 0 Å². The molecule has 5 nitrogen and oxygen atoms in total. The van der Waals surface area contributed by atoms with Gasteiger partial charge >= 0.3 is 0 Å². The number of benzene rings is 1. The Bertz CT molecular complexity index is 472. The average molecular weight is 319 g/mol. The lowest BCUT2D eigenvalue weighted by atomic mass is 10.1. The van der Waals surface area contributed by atoms with Crippen LogP contribution in [0.3, 0.4) is 0 Å². The Morgan fingerprint density at radius 2 is 1.65 bits per heavy atom. The molecule has 5 heteroatoms. The van der Waals surface area contributed by atoms with Gasteiger partial charge in [0.2, 0.25) is 5.91 Å². The Hall–Kier alpha value is -1.88. The molecule has 0 spiro atoms. The quantitative estimate of drug-likeness (QED) is 0.549. The van der Waals surface area contributed by atoms with Gasteiger partial charge in [0.05, 0.1) is 6.54 Å². The molecule has 0 saturated carbocycles. The van der Waals surface area contributed by atoms with Crippen LogP contribution in [0.4, 0.5) is 5.69 Å². The van der Waals surface area contributed by atoms with E-state index >= 15 is 0 Å². The Kier molecular flexibility index (Phi) is 9.71. The lowest BCUT2D eigenvalue weighted by molar-refractivity contribution is -0.115. The van der Waals surface area contributed by atoms with Crippen molar-refractivity contribution in [2.45, 2.75) is 46.0 Å². The van der Waals surface area contributed by atoms with Crippen LogP contribution in [0.2, 0.25) is 0 Å². The number of hydrogen-bond donors (Lipinski definition) is 3. The number of anilines is 1. The maximum atomic E-state index is 11.8. The molecule has 1 aromatic carbocycles. The largest absolute Gasteiger partial charge is 0.352 e. The number of carbonyl (C=O) groups is 2. The van der Waals surface area contributed by atoms with Crippen molar-refractivity contribution in [3.8, 4) is 0 Å². The van der Waals surface area contributed by atoms with E-state index in [0.29, 0.717) is 24.3 Å². The summed E-state index contributed by atoms with van der Waals surface area (Å²) in [6.07, 6.45) is 6.11. The van der Waals surface area contributed by atoms with Gasteiger partial charge in [0.15, 0.2) is 0 Å². The Balaban J connectivity index is 2.22. The minimum Gasteiger partial charge on any atom is -0.352 e. The monoisotopic (exact) mass is 319 g/mol. The molecular weight excluding hydrogens is 290 g/mol. The van der Waals surface area contributed by atoms with Crippen LogP contribution in [0.1, 0.15) is 56.3 Å². The summed E-state index contributed by atoms with van der Waals surface area (Å²) in [7, 11) is 0. The van der Waals surface area contributed by atoms with Crippen molar-refractivity contribution in [1.82, 2.24) is 10.6 Å². The smallest absolute Gasteiger partial charge is 0.251 e. The van der Waals surface area contributed by atoms with E-state index in [9.17, 15) is 9.59 Å². The second-order valence-corrected chi connectivity index (χ2v) is 5.58. The standard InChI is InChI=1S/C18H29N3O2/c1-3-5-6-7-8-13-19-14-17(22)21-16-11-9-15(10-12-16)18(23)20-4-2/h9-12,19H,3-8,13-14H2,1-2H3,(H,20,23)(H,21,22). The zero-order valence-corrected chi connectivity index (χ0v) is 14.3. The molecule has 3 N–H and O–H groups in total. The SMILES string of the molecule is CCCCCCCNCC(=O)Nc1ccc(C(=O)NCC)cc1. The normalized spacial score (nSPS) is 10.3. The molecule has 0 atom stereocenters. The van der Waals surface area contributed by atoms with E-state index in [4.69, 9.17) is 0 Å². The van der Waals surface area contributed by atoms with Crippen molar-refractivity contribution in [2.75, 3.05) is 25.0 Å². The van der Waals surface area contributed by atoms with Crippen LogP contribution in [0, 0.1) is 0 Å². The van der Waals surface area contributed by atoms with Crippen LogP contribution in [-0.2, 0) is 4.79 Å². The van der Waals surface area contributed by atoms with Crippen molar-refractivity contribution in [2.24, 2.45) is 0 Å². The molecule has 0 aliphatic heterocycles. The molecule has 0 unspecified atom stereocenters. The topological polar surface area (TPSA) is 70.2 Å². The molecule has 128 valence electrons. The molecule has 0 fully saturated rings. The fourth-order valence-corrected chi connectivity index (χ4v) is 2.23. The van der Waals surface area contributed by atoms with Crippen LogP contribution in [0.25, 0.3) is 0 Å². The van der Waals surface area contributed by atoms with E-state index in [0.717, 1.165) is 13.0 Å². The molecule has 0 bridgehead atoms. The summed E-state index contributed by atoms with van der Waals surface area (Å²) in [6.45, 7) is 5.86. The van der Waals surface area contributed by atoms with E-state index in [1.54, 1.807) is 24.3 Å². The average Bonchev–Trinajstić information content (AvgIpc) is 2.55. The first-order valence-corrected chi connectivity index (χ1v) is 8.56. The van der Waals surface area contributed by atoms with Gasteiger partial charge in [0.1, 0.15) is 0 Å². The van der Waals surface area contributed by atoms with E-state index < -0.39 is 0 Å². The van der Waals surface area contributed by atoms with Crippen molar-refractivity contribution in [1.29, 1.82) is 0 Å². The van der Waals surface area contributed by atoms with E-state index in [1.807, 2.05) is 6.92 Å². The molecule has 1 rings (SSSR count). The van der Waals surface area contributed by atoms with Crippen LogP contribution >= 0.6 is 0 Å². The molecule has 0 radical (unpaired) electrons. The Morgan fingerprint density at radius 1 is 0.957 bits per heavy atom. The maximum absolute atomic E-state index is 11.8. The number of hydrogen-bond acceptors (Lipinski definition) is 3. The molecule has 0 heterocycles. The highest BCUT2D eigenvalue weighted by molar-refractivity contribution is 5.96. The summed E-state index contributed by atoms with van der Waals surface area (Å²) in [4.78, 5) is 23.5. The molecule has 23 heavy (non-hydrogen) atoms. The van der Waals surface area contributed by atoms with Gasteiger partial charge in [-0.15, -0.1) is 0 Å². The van der Waals surface area contributed by atoms with Crippen LogP contribution in [-0.4, -0.2) is 31.4 Å². The fourth-order valence-electron chi connectivity index (χ4n) is 2.23. The maximum Gasteiger partial charge on any atom is 0.251 e. The highest BCUT2D eigenvalue weighted by Gasteiger charge is 2.05. The van der Waals surface area contributed by atoms with Gasteiger partial charge in [-0.1, -0.05) is 32.6 Å². The van der Waals surface area contributed by atoms with Gasteiger partial charge in [-0.2, -0.15) is 0 Å². The Labute approximate surface area is 139 Å². The summed E-state index contributed by atoms with van der Waals surface area (Å²) in [5.41, 5.74) is 1.29. The van der Waals surface area contributed by atoms with Crippen LogP contribution in [0.5, 0.6) is 0 Å². The van der Waals surface area contributed by atoms with Gasteiger partial charge in [-0.3, -0.25) is 9.59 Å². The number of carbonyl (C=O) groups excluding carboxylic acids is 2. The van der Waals surface area contributed by atoms with Crippen molar-refractivity contribution >= 4 is 17.5 Å². The van der Waals surface area contributed by atoms with E-state index in [1.165, 1.54) is 25.7 Å². The minimum absolute atomic E-state index is 0.0654. The second kappa shape index (κ2) is 11.7. The summed E-state index contributed by atoms with van der Waals surface area (Å²) in [6, 6.07) is 6.91. The van der Waals surface area contributed by atoms with E-state index in [-0.39, 0.29) is 11.8 Å². The lowest BCUT2D eigenvalue weighted by Crippen LogP contribution is -2.28. The van der Waals surface area contributed by atoms with Crippen LogP contribution in [0.15, 0.2) is 24.3 Å². The fraction of sp³-hybridized carbons (Fsp3) is 0.556. The molecule has 2 amide bonds. The highest BCUT2D eigenvalue weighted by Crippen LogP contribution is 2.09. The number of rotatable bonds is 11. The first-order chi connectivity index (χ1) is 11.2. The van der Waals surface area contributed by atoms with Gasteiger partial charge in [0, 0.05) is 17.8 Å². The summed E-state index contributed by atoms with van der Waals surface area (Å²) in [5.74, 6) is -0.167. The van der Waals surface area contributed by atoms with Gasteiger partial charge in [0.25, 0.3) is 5.91 Å². The molecular formula is C18H29N3O2. The third-order valence-corrected chi connectivity index (χ3v) is 3.51. The predicted molar refractivity (Wildman–Crippen MR) is 94.7 cm³/mol. The van der Waals surface area contributed by atoms with Crippen molar-refractivity contribution in [3.63, 3.8) is 0 Å². The Morgan fingerprint density at radius 3 is 2.30 bits per heavy atom. The first kappa shape index (κ1) is 19.2. The van der Waals surface area contributed by atoms with Crippen LogP contribution < -0.4 is 16.0 Å². The molecule has 0 aliphatic carbocycles. The number of nitrogens with one attached hydrogen (secondary N) is 3. The first-order valence-electron chi connectivity index (χ1n) is 8.56. The summed E-state index contributed by atoms with van der Waals surface area (Å²) in [5, 5.41) is 8.71. The highest BCUT2D eigenvalue weighted by atomic mass is 16.2. The lowest BCUT2D eigenvalue weighted by Gasteiger charge is -2.08. The van der Waals surface area contributed by atoms with Crippen molar-refractivity contribution in [3.05, 3.63) is 29.8 Å². The number of amides is 2. The zero-order chi connectivity index (χ0) is 16.9. The van der Waals surface area contributed by atoms with Crippen molar-refractivity contribution < 1.29 is 9.59 Å². The zero-order valence-electron chi connectivity index (χ0n) is 14.3. The molecule has 0 aromatic heterocycles. The molecule has 1 aromatic rings. The summed E-state index contributed by atoms with van der Waals surface area (Å²) >= 11 is 0. The third kappa shape index (κ3) is 8.35. The molecule has 0 saturated heterocycles. The van der Waals surface area contributed by atoms with Gasteiger partial charge < -0.3 is 16.0 Å². The second-order valence-electron chi connectivity index (χ2n) is 5.58. The van der Waals surface area contributed by atoms with E-state index in [2.05, 4.69) is 22.9 Å². The third-order valence-electron chi connectivity index (χ3n) is 3.51. The minimum atomic E-state index is -0.102. The number of unbranched alkanes of at least 4 members (excludes halogenated alkanes) is 4. The predicted octanol–water partition coefficient (Wildman–Crippen LogP) is 2.93.